The van der Waals surface area contributed by atoms with Gasteiger partial charge in [-0.05, 0) is 40.2 Å². The molecule has 0 aliphatic rings. The van der Waals surface area contributed by atoms with Crippen LogP contribution in [0.5, 0.6) is 0 Å². The Hall–Kier alpha value is -0.360. The van der Waals surface area contributed by atoms with Crippen molar-refractivity contribution in [2.24, 2.45) is 0 Å². The Balaban J connectivity index is 2.05. The van der Waals surface area contributed by atoms with E-state index in [4.69, 9.17) is 11.6 Å². The van der Waals surface area contributed by atoms with Crippen LogP contribution in [-0.2, 0) is 6.54 Å². The zero-order valence-corrected chi connectivity index (χ0v) is 12.9. The Kier molecular flexibility index (Phi) is 4.25. The standard InChI is InChI=1S/C11H9BrClNOS2/c1-14(6-7-2-4-9(12)16-7)11(15)8-3-5-10(13)17-8/h2-5H,6H2,1H3. The molecular weight excluding hydrogens is 342 g/mol. The molecule has 1 amide bonds. The van der Waals surface area contributed by atoms with Gasteiger partial charge in [0.15, 0.2) is 0 Å². The summed E-state index contributed by atoms with van der Waals surface area (Å²) in [5.74, 6) is 0.00595. The van der Waals surface area contributed by atoms with Crippen molar-refractivity contribution in [3.63, 3.8) is 0 Å². The number of halogens is 2. The summed E-state index contributed by atoms with van der Waals surface area (Å²) in [5.41, 5.74) is 0. The number of amides is 1. The molecule has 0 bridgehead atoms. The van der Waals surface area contributed by atoms with Gasteiger partial charge < -0.3 is 4.90 Å². The molecule has 2 aromatic heterocycles. The van der Waals surface area contributed by atoms with Crippen molar-refractivity contribution in [1.82, 2.24) is 4.90 Å². The van der Waals surface area contributed by atoms with Gasteiger partial charge in [0.2, 0.25) is 0 Å². The van der Waals surface area contributed by atoms with Crippen LogP contribution in [0.4, 0.5) is 0 Å². The molecule has 2 rings (SSSR count). The van der Waals surface area contributed by atoms with E-state index in [1.807, 2.05) is 12.1 Å². The first-order chi connectivity index (χ1) is 8.06. The largest absolute Gasteiger partial charge is 0.336 e. The summed E-state index contributed by atoms with van der Waals surface area (Å²) < 4.78 is 1.72. The first-order valence-electron chi connectivity index (χ1n) is 4.81. The monoisotopic (exact) mass is 349 g/mol. The van der Waals surface area contributed by atoms with Gasteiger partial charge in [-0.3, -0.25) is 4.79 Å². The molecule has 17 heavy (non-hydrogen) atoms. The van der Waals surface area contributed by atoms with E-state index in [-0.39, 0.29) is 5.91 Å². The highest BCUT2D eigenvalue weighted by molar-refractivity contribution is 9.11. The van der Waals surface area contributed by atoms with Crippen molar-refractivity contribution < 1.29 is 4.79 Å². The summed E-state index contributed by atoms with van der Waals surface area (Å²) in [4.78, 5) is 15.6. The second kappa shape index (κ2) is 5.52. The van der Waals surface area contributed by atoms with Crippen molar-refractivity contribution >= 4 is 56.1 Å². The van der Waals surface area contributed by atoms with Crippen LogP contribution >= 0.6 is 50.2 Å². The molecule has 0 radical (unpaired) electrons. The average molecular weight is 351 g/mol. The average Bonchev–Trinajstić information content (AvgIpc) is 2.87. The molecule has 0 aliphatic heterocycles. The highest BCUT2D eigenvalue weighted by Gasteiger charge is 2.14. The maximum atomic E-state index is 12.0. The van der Waals surface area contributed by atoms with Crippen molar-refractivity contribution in [2.75, 3.05) is 7.05 Å². The Morgan fingerprint density at radius 3 is 2.65 bits per heavy atom. The number of hydrogen-bond donors (Lipinski definition) is 0. The predicted molar refractivity (Wildman–Crippen MR) is 77.1 cm³/mol. The lowest BCUT2D eigenvalue weighted by molar-refractivity contribution is 0.0791. The number of carbonyl (C=O) groups is 1. The topological polar surface area (TPSA) is 20.3 Å². The van der Waals surface area contributed by atoms with E-state index in [1.165, 1.54) is 11.3 Å². The molecule has 0 aliphatic carbocycles. The third-order valence-electron chi connectivity index (χ3n) is 2.15. The van der Waals surface area contributed by atoms with Crippen LogP contribution in [0.15, 0.2) is 28.1 Å². The van der Waals surface area contributed by atoms with Gasteiger partial charge in [-0.2, -0.15) is 0 Å². The highest BCUT2D eigenvalue weighted by atomic mass is 79.9. The normalized spacial score (nSPS) is 10.5. The smallest absolute Gasteiger partial charge is 0.264 e. The van der Waals surface area contributed by atoms with Crippen molar-refractivity contribution in [1.29, 1.82) is 0 Å². The number of carbonyl (C=O) groups excluding carboxylic acids is 1. The lowest BCUT2D eigenvalue weighted by Gasteiger charge is -2.14. The van der Waals surface area contributed by atoms with Gasteiger partial charge in [0.1, 0.15) is 0 Å². The first kappa shape index (κ1) is 13.1. The van der Waals surface area contributed by atoms with Crippen LogP contribution in [0.3, 0.4) is 0 Å². The van der Waals surface area contributed by atoms with E-state index in [0.29, 0.717) is 15.8 Å². The number of rotatable bonds is 3. The van der Waals surface area contributed by atoms with Crippen molar-refractivity contribution in [3.05, 3.63) is 42.1 Å². The van der Waals surface area contributed by atoms with E-state index in [9.17, 15) is 4.79 Å². The van der Waals surface area contributed by atoms with E-state index in [1.54, 1.807) is 35.4 Å². The molecule has 0 spiro atoms. The van der Waals surface area contributed by atoms with Crippen LogP contribution in [0.2, 0.25) is 4.34 Å². The summed E-state index contributed by atoms with van der Waals surface area (Å²) in [7, 11) is 1.80. The van der Waals surface area contributed by atoms with E-state index in [2.05, 4.69) is 15.9 Å². The fraction of sp³-hybridized carbons (Fsp3) is 0.182. The fourth-order valence-corrected chi connectivity index (χ4v) is 3.93. The Morgan fingerprint density at radius 1 is 1.35 bits per heavy atom. The van der Waals surface area contributed by atoms with Gasteiger partial charge >= 0.3 is 0 Å². The molecule has 0 fully saturated rings. The third-order valence-corrected chi connectivity index (χ3v) is 4.98. The molecule has 0 saturated heterocycles. The zero-order valence-electron chi connectivity index (χ0n) is 8.94. The molecular formula is C11H9BrClNOS2. The maximum Gasteiger partial charge on any atom is 0.264 e. The summed E-state index contributed by atoms with van der Waals surface area (Å²) in [6.45, 7) is 0.616. The molecule has 90 valence electrons. The zero-order chi connectivity index (χ0) is 12.4. The molecule has 2 nitrogen and oxygen atoms in total. The molecule has 0 unspecified atom stereocenters. The summed E-state index contributed by atoms with van der Waals surface area (Å²) >= 11 is 12.2. The van der Waals surface area contributed by atoms with Crippen molar-refractivity contribution in [2.45, 2.75) is 6.54 Å². The molecule has 2 heterocycles. The molecule has 0 aromatic carbocycles. The molecule has 0 N–H and O–H groups in total. The van der Waals surface area contributed by atoms with Crippen LogP contribution in [0.1, 0.15) is 14.5 Å². The lowest BCUT2D eigenvalue weighted by Crippen LogP contribution is -2.24. The molecule has 0 saturated carbocycles. The molecule has 2 aromatic rings. The van der Waals surface area contributed by atoms with Crippen LogP contribution in [0, 0.1) is 0 Å². The maximum absolute atomic E-state index is 12.0. The number of nitrogens with zero attached hydrogens (tertiary/aromatic N) is 1. The summed E-state index contributed by atoms with van der Waals surface area (Å²) in [6.07, 6.45) is 0. The van der Waals surface area contributed by atoms with Gasteiger partial charge in [-0.25, -0.2) is 0 Å². The predicted octanol–water partition coefficient (Wildman–Crippen LogP) is 4.50. The quantitative estimate of drug-likeness (QED) is 0.798. The van der Waals surface area contributed by atoms with E-state index in [0.717, 1.165) is 8.66 Å². The highest BCUT2D eigenvalue weighted by Crippen LogP contribution is 2.25. The fourth-order valence-electron chi connectivity index (χ4n) is 1.36. The summed E-state index contributed by atoms with van der Waals surface area (Å²) in [6, 6.07) is 7.51. The van der Waals surface area contributed by atoms with E-state index >= 15 is 0 Å². The van der Waals surface area contributed by atoms with Crippen molar-refractivity contribution in [3.8, 4) is 0 Å². The first-order valence-corrected chi connectivity index (χ1v) is 7.61. The van der Waals surface area contributed by atoms with Crippen LogP contribution in [-0.4, -0.2) is 17.9 Å². The number of thiophene rings is 2. The van der Waals surface area contributed by atoms with Gasteiger partial charge in [0, 0.05) is 11.9 Å². The SMILES string of the molecule is CN(Cc1ccc(Br)s1)C(=O)c1ccc(Cl)s1. The minimum atomic E-state index is 0.00595. The van der Waals surface area contributed by atoms with Gasteiger partial charge in [0.25, 0.3) is 5.91 Å². The second-order valence-electron chi connectivity index (χ2n) is 3.47. The minimum Gasteiger partial charge on any atom is -0.336 e. The molecule has 0 atom stereocenters. The minimum absolute atomic E-state index is 0.00595. The van der Waals surface area contributed by atoms with Gasteiger partial charge in [-0.1, -0.05) is 11.6 Å². The molecule has 6 heteroatoms. The third kappa shape index (κ3) is 3.31. The Labute approximate surface area is 121 Å². The Bertz CT molecular complexity index is 537. The van der Waals surface area contributed by atoms with Crippen LogP contribution in [0.25, 0.3) is 0 Å². The van der Waals surface area contributed by atoms with Crippen LogP contribution < -0.4 is 0 Å². The van der Waals surface area contributed by atoms with Gasteiger partial charge in [-0.15, -0.1) is 22.7 Å². The van der Waals surface area contributed by atoms with Gasteiger partial charge in [0.05, 0.1) is 19.5 Å². The van der Waals surface area contributed by atoms with E-state index < -0.39 is 0 Å². The lowest BCUT2D eigenvalue weighted by atomic mass is 10.4. The summed E-state index contributed by atoms with van der Waals surface area (Å²) in [5, 5.41) is 0. The Morgan fingerprint density at radius 2 is 2.12 bits per heavy atom. The number of hydrogen-bond acceptors (Lipinski definition) is 3. The second-order valence-corrected chi connectivity index (χ2v) is 7.73.